The lowest BCUT2D eigenvalue weighted by molar-refractivity contribution is 0.458. The smallest absolute Gasteiger partial charge is 0.219 e. The van der Waals surface area contributed by atoms with Crippen LogP contribution in [0.3, 0.4) is 0 Å². The van der Waals surface area contributed by atoms with E-state index in [9.17, 15) is 0 Å². The minimum Gasteiger partial charge on any atom is -0.439 e. The fourth-order valence-electron chi connectivity index (χ4n) is 1.88. The van der Waals surface area contributed by atoms with Crippen molar-refractivity contribution in [3.63, 3.8) is 0 Å². The fourth-order valence-corrected chi connectivity index (χ4v) is 2.04. The van der Waals surface area contributed by atoms with Gasteiger partial charge in [0.05, 0.1) is 0 Å². The second kappa shape index (κ2) is 7.43. The van der Waals surface area contributed by atoms with E-state index in [1.807, 2.05) is 37.4 Å². The summed E-state index contributed by atoms with van der Waals surface area (Å²) in [4.78, 5) is 4.34. The molecule has 3 nitrogen and oxygen atoms in total. The summed E-state index contributed by atoms with van der Waals surface area (Å²) in [5.41, 5.74) is 2.18. The number of aromatic nitrogens is 1. The average Bonchev–Trinajstić information content (AvgIpc) is 2.44. The highest BCUT2D eigenvalue weighted by Gasteiger charge is 2.04. The third-order valence-corrected chi connectivity index (χ3v) is 3.28. The number of rotatable bonds is 6. The van der Waals surface area contributed by atoms with E-state index in [0.29, 0.717) is 16.8 Å². The number of ether oxygens (including phenoxy) is 1. The van der Waals surface area contributed by atoms with Gasteiger partial charge in [0, 0.05) is 23.8 Å². The van der Waals surface area contributed by atoms with E-state index in [0.717, 1.165) is 30.0 Å². The fraction of sp³-hybridized carbons (Fsp3) is 0.353. The summed E-state index contributed by atoms with van der Waals surface area (Å²) in [6.07, 6.45) is 1.84. The van der Waals surface area contributed by atoms with Crippen molar-refractivity contribution in [1.29, 1.82) is 0 Å². The molecule has 112 valence electrons. The van der Waals surface area contributed by atoms with Crippen molar-refractivity contribution in [3.05, 3.63) is 52.7 Å². The van der Waals surface area contributed by atoms with Crippen molar-refractivity contribution in [1.82, 2.24) is 10.3 Å². The van der Waals surface area contributed by atoms with Crippen molar-refractivity contribution in [2.45, 2.75) is 27.3 Å². The summed E-state index contributed by atoms with van der Waals surface area (Å²) in [6.45, 7) is 8.18. The minimum absolute atomic E-state index is 0.577. The molecule has 1 N–H and O–H groups in total. The highest BCUT2D eigenvalue weighted by Crippen LogP contribution is 2.26. The molecule has 1 aromatic carbocycles. The number of pyridine rings is 1. The molecule has 0 aliphatic rings. The molecule has 0 fully saturated rings. The van der Waals surface area contributed by atoms with Gasteiger partial charge in [0.2, 0.25) is 5.88 Å². The Morgan fingerprint density at radius 2 is 2.05 bits per heavy atom. The molecule has 0 bridgehead atoms. The van der Waals surface area contributed by atoms with Crippen LogP contribution in [0.15, 0.2) is 36.5 Å². The molecule has 0 radical (unpaired) electrons. The van der Waals surface area contributed by atoms with Gasteiger partial charge in [-0.05, 0) is 42.6 Å². The van der Waals surface area contributed by atoms with Gasteiger partial charge in [-0.25, -0.2) is 4.98 Å². The highest BCUT2D eigenvalue weighted by atomic mass is 35.5. The van der Waals surface area contributed by atoms with E-state index in [2.05, 4.69) is 24.1 Å². The van der Waals surface area contributed by atoms with Crippen LogP contribution in [0.1, 0.15) is 25.0 Å². The minimum atomic E-state index is 0.577. The summed E-state index contributed by atoms with van der Waals surface area (Å²) in [6, 6.07) is 9.49. The Morgan fingerprint density at radius 1 is 1.24 bits per heavy atom. The van der Waals surface area contributed by atoms with Gasteiger partial charge in [-0.15, -0.1) is 0 Å². The SMILES string of the molecule is Cc1ccc(Cl)cc1Oc1ccc(CNCC(C)C)cn1. The zero-order chi connectivity index (χ0) is 15.2. The van der Waals surface area contributed by atoms with E-state index < -0.39 is 0 Å². The van der Waals surface area contributed by atoms with Crippen molar-refractivity contribution in [3.8, 4) is 11.6 Å². The Balaban J connectivity index is 1.97. The largest absolute Gasteiger partial charge is 0.439 e. The Hall–Kier alpha value is -1.58. The first-order valence-electron chi connectivity index (χ1n) is 7.14. The lowest BCUT2D eigenvalue weighted by atomic mass is 10.2. The second-order valence-corrected chi connectivity index (χ2v) is 5.98. The molecule has 2 aromatic rings. The van der Waals surface area contributed by atoms with Gasteiger partial charge in [0.1, 0.15) is 5.75 Å². The lowest BCUT2D eigenvalue weighted by Crippen LogP contribution is -2.18. The monoisotopic (exact) mass is 304 g/mol. The predicted molar refractivity (Wildman–Crippen MR) is 87.0 cm³/mol. The Bertz CT molecular complexity index is 582. The number of benzene rings is 1. The van der Waals surface area contributed by atoms with Crippen LogP contribution < -0.4 is 10.1 Å². The van der Waals surface area contributed by atoms with E-state index >= 15 is 0 Å². The average molecular weight is 305 g/mol. The zero-order valence-electron chi connectivity index (χ0n) is 12.7. The topological polar surface area (TPSA) is 34.1 Å². The van der Waals surface area contributed by atoms with Crippen LogP contribution in [0.4, 0.5) is 0 Å². The quantitative estimate of drug-likeness (QED) is 0.848. The third kappa shape index (κ3) is 5.03. The molecule has 0 spiro atoms. The molecule has 0 aliphatic carbocycles. The summed E-state index contributed by atoms with van der Waals surface area (Å²) in [5.74, 6) is 1.96. The Morgan fingerprint density at radius 3 is 2.71 bits per heavy atom. The highest BCUT2D eigenvalue weighted by molar-refractivity contribution is 6.30. The number of hydrogen-bond donors (Lipinski definition) is 1. The molecule has 0 aliphatic heterocycles. The van der Waals surface area contributed by atoms with Crippen LogP contribution in [0.25, 0.3) is 0 Å². The molecule has 0 unspecified atom stereocenters. The van der Waals surface area contributed by atoms with Crippen LogP contribution >= 0.6 is 11.6 Å². The molecular formula is C17H21ClN2O. The maximum absolute atomic E-state index is 5.98. The standard InChI is InChI=1S/C17H21ClN2O/c1-12(2)9-19-10-14-5-7-17(20-11-14)21-16-8-15(18)6-4-13(16)3/h4-8,11-12,19H,9-10H2,1-3H3. The van der Waals surface area contributed by atoms with Gasteiger partial charge >= 0.3 is 0 Å². The lowest BCUT2D eigenvalue weighted by Gasteiger charge is -2.10. The predicted octanol–water partition coefficient (Wildman–Crippen LogP) is 4.58. The number of nitrogens with one attached hydrogen (secondary N) is 1. The second-order valence-electron chi connectivity index (χ2n) is 5.54. The molecule has 2 rings (SSSR count). The Labute approximate surface area is 131 Å². The molecule has 0 amide bonds. The molecule has 1 heterocycles. The summed E-state index contributed by atoms with van der Waals surface area (Å²) in [5, 5.41) is 4.05. The van der Waals surface area contributed by atoms with Crippen LogP contribution in [0.2, 0.25) is 5.02 Å². The maximum Gasteiger partial charge on any atom is 0.219 e. The normalized spacial score (nSPS) is 10.9. The molecular weight excluding hydrogens is 284 g/mol. The number of hydrogen-bond acceptors (Lipinski definition) is 3. The molecule has 4 heteroatoms. The first-order valence-corrected chi connectivity index (χ1v) is 7.52. The summed E-state index contributed by atoms with van der Waals surface area (Å²) < 4.78 is 5.77. The molecule has 0 atom stereocenters. The molecule has 0 saturated heterocycles. The van der Waals surface area contributed by atoms with Gasteiger partial charge in [-0.1, -0.05) is 37.6 Å². The van der Waals surface area contributed by atoms with Crippen molar-refractivity contribution in [2.24, 2.45) is 5.92 Å². The zero-order valence-corrected chi connectivity index (χ0v) is 13.4. The van der Waals surface area contributed by atoms with Crippen LogP contribution in [-0.4, -0.2) is 11.5 Å². The van der Waals surface area contributed by atoms with Crippen molar-refractivity contribution in [2.75, 3.05) is 6.54 Å². The van der Waals surface area contributed by atoms with Crippen molar-refractivity contribution >= 4 is 11.6 Å². The summed E-state index contributed by atoms with van der Waals surface area (Å²) in [7, 11) is 0. The van der Waals surface area contributed by atoms with Gasteiger partial charge in [-0.2, -0.15) is 0 Å². The maximum atomic E-state index is 5.98. The van der Waals surface area contributed by atoms with Gasteiger partial charge < -0.3 is 10.1 Å². The van der Waals surface area contributed by atoms with Crippen molar-refractivity contribution < 1.29 is 4.74 Å². The van der Waals surface area contributed by atoms with Crippen LogP contribution in [0.5, 0.6) is 11.6 Å². The number of nitrogens with zero attached hydrogens (tertiary/aromatic N) is 1. The summed E-state index contributed by atoms with van der Waals surface area (Å²) >= 11 is 5.98. The van der Waals surface area contributed by atoms with E-state index in [-0.39, 0.29) is 0 Å². The van der Waals surface area contributed by atoms with E-state index in [1.54, 1.807) is 6.07 Å². The number of halogens is 1. The molecule has 0 saturated carbocycles. The molecule has 1 aromatic heterocycles. The third-order valence-electron chi connectivity index (χ3n) is 3.04. The Kier molecular flexibility index (Phi) is 5.59. The van der Waals surface area contributed by atoms with Gasteiger partial charge in [0.25, 0.3) is 0 Å². The van der Waals surface area contributed by atoms with E-state index in [1.165, 1.54) is 0 Å². The first kappa shape index (κ1) is 15.8. The van der Waals surface area contributed by atoms with E-state index in [4.69, 9.17) is 16.3 Å². The van der Waals surface area contributed by atoms with Gasteiger partial charge in [-0.3, -0.25) is 0 Å². The van der Waals surface area contributed by atoms with Gasteiger partial charge in [0.15, 0.2) is 0 Å². The van der Waals surface area contributed by atoms with Crippen LogP contribution in [-0.2, 0) is 6.54 Å². The number of aryl methyl sites for hydroxylation is 1. The first-order chi connectivity index (χ1) is 10.0. The van der Waals surface area contributed by atoms with Crippen LogP contribution in [0, 0.1) is 12.8 Å². The molecule has 21 heavy (non-hydrogen) atoms.